The van der Waals surface area contributed by atoms with Gasteiger partial charge in [-0.15, -0.1) is 0 Å². The Balaban J connectivity index is 2.04. The highest BCUT2D eigenvalue weighted by molar-refractivity contribution is 5.94. The average Bonchev–Trinajstić information content (AvgIpc) is 2.27. The zero-order valence-electron chi connectivity index (χ0n) is 9.11. The number of amides is 1. The molecular weight excluding hydrogens is 202 g/mol. The average molecular weight is 217 g/mol. The number of hydrogen-bond donors (Lipinski definition) is 1. The van der Waals surface area contributed by atoms with Gasteiger partial charge >= 0.3 is 0 Å². The van der Waals surface area contributed by atoms with Crippen LogP contribution in [0, 0.1) is 0 Å². The fourth-order valence-corrected chi connectivity index (χ4v) is 2.05. The molecule has 0 aromatic heterocycles. The number of nitrogens with one attached hydrogen (secondary N) is 1. The van der Waals surface area contributed by atoms with Crippen LogP contribution in [0.4, 0.5) is 0 Å². The van der Waals surface area contributed by atoms with E-state index < -0.39 is 0 Å². The van der Waals surface area contributed by atoms with E-state index in [0.29, 0.717) is 12.0 Å². The number of rotatable bonds is 4. The summed E-state index contributed by atoms with van der Waals surface area (Å²) in [6.07, 6.45) is 4.22. The van der Waals surface area contributed by atoms with E-state index in [1.165, 1.54) is 0 Å². The van der Waals surface area contributed by atoms with Gasteiger partial charge in [-0.1, -0.05) is 18.2 Å². The fourth-order valence-electron chi connectivity index (χ4n) is 2.05. The molecule has 0 heterocycles. The molecule has 0 atom stereocenters. The molecule has 3 nitrogen and oxygen atoms in total. The summed E-state index contributed by atoms with van der Waals surface area (Å²) in [6.45, 7) is 0. The number of carbonyl (C=O) groups is 2. The standard InChI is InChI=1S/C13H15NO2/c15-10-9-13(7-4-8-13)14-12(16)11-5-2-1-3-6-11/h1-3,5-6,10H,4,7-9H2,(H,14,16). The second-order valence-electron chi connectivity index (χ2n) is 4.32. The minimum Gasteiger partial charge on any atom is -0.346 e. The summed E-state index contributed by atoms with van der Waals surface area (Å²) in [7, 11) is 0. The molecule has 1 aromatic carbocycles. The van der Waals surface area contributed by atoms with E-state index >= 15 is 0 Å². The third-order valence-corrected chi connectivity index (χ3v) is 3.20. The summed E-state index contributed by atoms with van der Waals surface area (Å²) in [5, 5.41) is 2.98. The summed E-state index contributed by atoms with van der Waals surface area (Å²) in [4.78, 5) is 22.5. The van der Waals surface area contributed by atoms with Crippen molar-refractivity contribution in [3.05, 3.63) is 35.9 Å². The molecule has 84 valence electrons. The van der Waals surface area contributed by atoms with Crippen molar-refractivity contribution >= 4 is 12.2 Å². The van der Waals surface area contributed by atoms with Gasteiger partial charge < -0.3 is 10.1 Å². The van der Waals surface area contributed by atoms with Gasteiger partial charge in [0.05, 0.1) is 0 Å². The van der Waals surface area contributed by atoms with Gasteiger partial charge in [-0.2, -0.15) is 0 Å². The summed E-state index contributed by atoms with van der Waals surface area (Å²) in [5.41, 5.74) is 0.383. The van der Waals surface area contributed by atoms with Crippen LogP contribution in [0.5, 0.6) is 0 Å². The molecule has 1 fully saturated rings. The molecule has 0 spiro atoms. The second-order valence-corrected chi connectivity index (χ2v) is 4.32. The molecule has 1 N–H and O–H groups in total. The van der Waals surface area contributed by atoms with Crippen LogP contribution in [0.2, 0.25) is 0 Å². The van der Waals surface area contributed by atoms with Crippen molar-refractivity contribution < 1.29 is 9.59 Å². The first-order chi connectivity index (χ1) is 7.76. The zero-order valence-corrected chi connectivity index (χ0v) is 9.11. The topological polar surface area (TPSA) is 46.2 Å². The smallest absolute Gasteiger partial charge is 0.251 e. The number of hydrogen-bond acceptors (Lipinski definition) is 2. The summed E-state index contributed by atoms with van der Waals surface area (Å²) in [5.74, 6) is -0.0813. The van der Waals surface area contributed by atoms with Gasteiger partial charge in [0.2, 0.25) is 0 Å². The van der Waals surface area contributed by atoms with Gasteiger partial charge in [0.25, 0.3) is 5.91 Å². The maximum atomic E-state index is 11.9. The van der Waals surface area contributed by atoms with E-state index in [1.54, 1.807) is 12.1 Å². The Bertz CT molecular complexity index is 382. The Morgan fingerprint density at radius 1 is 1.31 bits per heavy atom. The minimum atomic E-state index is -0.269. The number of benzene rings is 1. The Morgan fingerprint density at radius 3 is 2.50 bits per heavy atom. The van der Waals surface area contributed by atoms with Gasteiger partial charge in [-0.05, 0) is 31.4 Å². The van der Waals surface area contributed by atoms with Crippen molar-refractivity contribution in [1.29, 1.82) is 0 Å². The lowest BCUT2D eigenvalue weighted by Gasteiger charge is -2.41. The summed E-state index contributed by atoms with van der Waals surface area (Å²) >= 11 is 0. The van der Waals surface area contributed by atoms with Crippen LogP contribution in [0.15, 0.2) is 30.3 Å². The Kier molecular flexibility index (Phi) is 3.04. The summed E-state index contributed by atoms with van der Waals surface area (Å²) < 4.78 is 0. The quantitative estimate of drug-likeness (QED) is 0.783. The Morgan fingerprint density at radius 2 is 2.00 bits per heavy atom. The predicted octanol–water partition coefficient (Wildman–Crippen LogP) is 1.93. The third-order valence-electron chi connectivity index (χ3n) is 3.20. The first-order valence-corrected chi connectivity index (χ1v) is 5.57. The van der Waals surface area contributed by atoms with E-state index in [-0.39, 0.29) is 11.4 Å². The highest BCUT2D eigenvalue weighted by Crippen LogP contribution is 2.34. The van der Waals surface area contributed by atoms with Crippen LogP contribution in [0.25, 0.3) is 0 Å². The molecule has 0 saturated heterocycles. The van der Waals surface area contributed by atoms with Crippen LogP contribution in [-0.2, 0) is 4.79 Å². The normalized spacial score (nSPS) is 17.2. The molecule has 1 aliphatic rings. The van der Waals surface area contributed by atoms with Crippen LogP contribution in [-0.4, -0.2) is 17.7 Å². The largest absolute Gasteiger partial charge is 0.346 e. The van der Waals surface area contributed by atoms with E-state index in [4.69, 9.17) is 0 Å². The third kappa shape index (κ3) is 2.13. The lowest BCUT2D eigenvalue weighted by atomic mass is 9.74. The fraction of sp³-hybridized carbons (Fsp3) is 0.385. The maximum absolute atomic E-state index is 11.9. The van der Waals surface area contributed by atoms with E-state index in [9.17, 15) is 9.59 Å². The van der Waals surface area contributed by atoms with Crippen molar-refractivity contribution in [1.82, 2.24) is 5.32 Å². The molecule has 1 aliphatic carbocycles. The highest BCUT2D eigenvalue weighted by atomic mass is 16.2. The SMILES string of the molecule is O=CCC1(NC(=O)c2ccccc2)CCC1. The van der Waals surface area contributed by atoms with Crippen LogP contribution in [0.1, 0.15) is 36.0 Å². The molecule has 1 saturated carbocycles. The van der Waals surface area contributed by atoms with E-state index in [2.05, 4.69) is 5.32 Å². The monoisotopic (exact) mass is 217 g/mol. The second kappa shape index (κ2) is 4.47. The molecule has 16 heavy (non-hydrogen) atoms. The zero-order chi connectivity index (χ0) is 11.4. The lowest BCUT2D eigenvalue weighted by Crippen LogP contribution is -2.53. The van der Waals surface area contributed by atoms with Gasteiger partial charge in [0.1, 0.15) is 6.29 Å². The highest BCUT2D eigenvalue weighted by Gasteiger charge is 2.37. The Hall–Kier alpha value is -1.64. The molecule has 2 rings (SSSR count). The number of aldehydes is 1. The first kappa shape index (κ1) is 10.9. The minimum absolute atomic E-state index is 0.0813. The number of carbonyl (C=O) groups excluding carboxylic acids is 2. The van der Waals surface area contributed by atoms with E-state index in [1.807, 2.05) is 18.2 Å². The van der Waals surface area contributed by atoms with Gasteiger partial charge in [-0.25, -0.2) is 0 Å². The summed E-state index contributed by atoms with van der Waals surface area (Å²) in [6, 6.07) is 9.11. The molecule has 0 aliphatic heterocycles. The van der Waals surface area contributed by atoms with Gasteiger partial charge in [-0.3, -0.25) is 4.79 Å². The molecule has 1 amide bonds. The predicted molar refractivity (Wildman–Crippen MR) is 61.2 cm³/mol. The van der Waals surface area contributed by atoms with Crippen molar-refractivity contribution in [2.24, 2.45) is 0 Å². The van der Waals surface area contributed by atoms with Crippen molar-refractivity contribution in [3.8, 4) is 0 Å². The molecular formula is C13H15NO2. The van der Waals surface area contributed by atoms with Crippen molar-refractivity contribution in [2.75, 3.05) is 0 Å². The first-order valence-electron chi connectivity index (χ1n) is 5.57. The molecule has 0 unspecified atom stereocenters. The van der Waals surface area contributed by atoms with Crippen LogP contribution < -0.4 is 5.32 Å². The molecule has 3 heteroatoms. The van der Waals surface area contributed by atoms with Crippen LogP contribution in [0.3, 0.4) is 0 Å². The van der Waals surface area contributed by atoms with Crippen molar-refractivity contribution in [2.45, 2.75) is 31.2 Å². The van der Waals surface area contributed by atoms with Crippen LogP contribution >= 0.6 is 0 Å². The lowest BCUT2D eigenvalue weighted by molar-refractivity contribution is -0.109. The van der Waals surface area contributed by atoms with Gasteiger partial charge in [0.15, 0.2) is 0 Å². The van der Waals surface area contributed by atoms with Crippen molar-refractivity contribution in [3.63, 3.8) is 0 Å². The van der Waals surface area contributed by atoms with E-state index in [0.717, 1.165) is 25.5 Å². The molecule has 1 aromatic rings. The molecule has 0 bridgehead atoms. The van der Waals surface area contributed by atoms with Gasteiger partial charge in [0, 0.05) is 17.5 Å². The Labute approximate surface area is 94.9 Å². The molecule has 0 radical (unpaired) electrons. The maximum Gasteiger partial charge on any atom is 0.251 e.